The van der Waals surface area contributed by atoms with Crippen molar-refractivity contribution in [1.82, 2.24) is 34.3 Å². The molecule has 8 heteroatoms. The Morgan fingerprint density at radius 3 is 2.87 bits per heavy atom. The minimum atomic E-state index is 0.0211. The van der Waals surface area contributed by atoms with Gasteiger partial charge in [-0.2, -0.15) is 0 Å². The molecule has 8 nitrogen and oxygen atoms in total. The second kappa shape index (κ2) is 6.12. The second-order valence-corrected chi connectivity index (χ2v) is 8.32. The molecule has 0 aliphatic carbocycles. The maximum Gasteiger partial charge on any atom is 0.256 e. The molecule has 0 spiro atoms. The fraction of sp³-hybridized carbons (Fsp3) is 0.364. The van der Waals surface area contributed by atoms with Crippen LogP contribution in [0.5, 0.6) is 0 Å². The van der Waals surface area contributed by atoms with Crippen LogP contribution in [0.3, 0.4) is 0 Å². The normalized spacial score (nSPS) is 22.8. The van der Waals surface area contributed by atoms with Gasteiger partial charge in [0.15, 0.2) is 11.5 Å². The van der Waals surface area contributed by atoms with Crippen LogP contribution in [0, 0.1) is 5.92 Å². The smallest absolute Gasteiger partial charge is 0.256 e. The van der Waals surface area contributed by atoms with E-state index in [-0.39, 0.29) is 12.1 Å². The Hall–Kier alpha value is -3.26. The summed E-state index contributed by atoms with van der Waals surface area (Å²) in [7, 11) is 1.96. The number of pyridine rings is 2. The first kappa shape index (κ1) is 17.6. The van der Waals surface area contributed by atoms with E-state index in [1.165, 1.54) is 0 Å². The molecular formula is C22H23N7O. The number of fused-ring (bicyclic) bond motifs is 3. The van der Waals surface area contributed by atoms with Gasteiger partial charge in [0.1, 0.15) is 11.2 Å². The lowest BCUT2D eigenvalue weighted by molar-refractivity contribution is 0.0753. The van der Waals surface area contributed by atoms with Crippen molar-refractivity contribution in [2.24, 2.45) is 13.0 Å². The van der Waals surface area contributed by atoms with Gasteiger partial charge in [0.2, 0.25) is 0 Å². The van der Waals surface area contributed by atoms with Gasteiger partial charge in [-0.25, -0.2) is 15.0 Å². The quantitative estimate of drug-likeness (QED) is 0.532. The van der Waals surface area contributed by atoms with Crippen LogP contribution in [0.1, 0.15) is 24.2 Å². The summed E-state index contributed by atoms with van der Waals surface area (Å²) in [6.45, 7) is 5.86. The average molecular weight is 401 g/mol. The maximum atomic E-state index is 13.1. The molecule has 0 radical (unpaired) electrons. The number of likely N-dealkylation sites (tertiary alicyclic amines) is 1. The molecular weight excluding hydrogens is 378 g/mol. The summed E-state index contributed by atoms with van der Waals surface area (Å²) in [4.78, 5) is 29.0. The predicted molar refractivity (Wildman–Crippen MR) is 114 cm³/mol. The van der Waals surface area contributed by atoms with Crippen molar-refractivity contribution in [2.75, 3.05) is 6.54 Å². The van der Waals surface area contributed by atoms with Crippen molar-refractivity contribution in [3.63, 3.8) is 0 Å². The van der Waals surface area contributed by atoms with Gasteiger partial charge in [-0.05, 0) is 37.1 Å². The van der Waals surface area contributed by atoms with E-state index >= 15 is 0 Å². The van der Waals surface area contributed by atoms with Crippen LogP contribution in [-0.4, -0.2) is 53.6 Å². The van der Waals surface area contributed by atoms with E-state index < -0.39 is 0 Å². The summed E-state index contributed by atoms with van der Waals surface area (Å²) in [5.74, 6) is 1.33. The van der Waals surface area contributed by atoms with Crippen molar-refractivity contribution in [1.29, 1.82) is 0 Å². The van der Waals surface area contributed by atoms with E-state index in [9.17, 15) is 4.79 Å². The molecule has 6 heterocycles. The van der Waals surface area contributed by atoms with Crippen molar-refractivity contribution in [3.05, 3.63) is 42.2 Å². The first-order valence-electron chi connectivity index (χ1n) is 10.4. The first-order chi connectivity index (χ1) is 14.6. The molecule has 3 atom stereocenters. The third-order valence-electron chi connectivity index (χ3n) is 6.45. The molecule has 1 amide bonds. The van der Waals surface area contributed by atoms with Crippen LogP contribution in [0.2, 0.25) is 0 Å². The van der Waals surface area contributed by atoms with Gasteiger partial charge in [0.05, 0.1) is 17.4 Å². The third kappa shape index (κ3) is 2.37. The van der Waals surface area contributed by atoms with Crippen LogP contribution < -0.4 is 5.32 Å². The van der Waals surface area contributed by atoms with Gasteiger partial charge in [-0.3, -0.25) is 10.1 Å². The zero-order valence-corrected chi connectivity index (χ0v) is 17.2. The number of carbonyl (C=O) groups excluding carboxylic acids is 1. The van der Waals surface area contributed by atoms with Crippen LogP contribution >= 0.6 is 0 Å². The van der Waals surface area contributed by atoms with Gasteiger partial charge in [-0.1, -0.05) is 6.92 Å². The Morgan fingerprint density at radius 1 is 1.27 bits per heavy atom. The summed E-state index contributed by atoms with van der Waals surface area (Å²) < 4.78 is 4.15. The maximum absolute atomic E-state index is 13.1. The largest absolute Gasteiger partial charge is 0.323 e. The van der Waals surface area contributed by atoms with E-state index in [1.807, 2.05) is 34.8 Å². The lowest BCUT2D eigenvalue weighted by atomic mass is 10.1. The second-order valence-electron chi connectivity index (χ2n) is 8.32. The number of imidazole rings is 1. The Balaban J connectivity index is 1.43. The van der Waals surface area contributed by atoms with E-state index in [0.717, 1.165) is 46.8 Å². The number of rotatable bonds is 3. The zero-order valence-electron chi connectivity index (χ0n) is 17.2. The van der Waals surface area contributed by atoms with Crippen molar-refractivity contribution >= 4 is 28.1 Å². The van der Waals surface area contributed by atoms with Gasteiger partial charge >= 0.3 is 0 Å². The summed E-state index contributed by atoms with van der Waals surface area (Å²) in [6.07, 6.45) is 3.66. The van der Waals surface area contributed by atoms with Gasteiger partial charge in [0, 0.05) is 44.0 Å². The highest BCUT2D eigenvalue weighted by Gasteiger charge is 2.53. The number of aryl methyl sites for hydroxylation is 2. The molecule has 6 rings (SSSR count). The molecule has 0 unspecified atom stereocenters. The summed E-state index contributed by atoms with van der Waals surface area (Å²) >= 11 is 0. The minimum Gasteiger partial charge on any atom is -0.323 e. The van der Waals surface area contributed by atoms with Gasteiger partial charge in [0.25, 0.3) is 5.91 Å². The highest BCUT2D eigenvalue weighted by atomic mass is 16.2. The molecule has 2 saturated heterocycles. The number of aromatic nitrogens is 5. The van der Waals surface area contributed by atoms with Crippen LogP contribution in [0.25, 0.3) is 33.7 Å². The predicted octanol–water partition coefficient (Wildman–Crippen LogP) is 2.39. The molecule has 2 aliphatic rings. The fourth-order valence-electron chi connectivity index (χ4n) is 4.83. The van der Waals surface area contributed by atoms with Gasteiger partial charge in [-0.15, -0.1) is 0 Å². The molecule has 4 aromatic rings. The lowest BCUT2D eigenvalue weighted by Crippen LogP contribution is -2.35. The summed E-state index contributed by atoms with van der Waals surface area (Å²) in [6, 6.07) is 8.43. The molecule has 0 bridgehead atoms. The van der Waals surface area contributed by atoms with E-state index in [0.29, 0.717) is 17.5 Å². The van der Waals surface area contributed by atoms with Crippen LogP contribution in [0.15, 0.2) is 36.7 Å². The number of amides is 1. The number of hydrogen-bond acceptors (Lipinski definition) is 5. The van der Waals surface area contributed by atoms with Crippen molar-refractivity contribution in [3.8, 4) is 11.5 Å². The molecule has 30 heavy (non-hydrogen) atoms. The standard InChI is InChI=1S/C22H23N7O/c1-4-28-16(9-13-6-5-7-23-18(13)28)20-25-15-8-14(10-24-19(15)27(20)3)22(30)29-11-12(2)17-21(29)26-17/h5-10,12,17,21,26H,4,11H2,1-3H3/t12-,17-,21+/m0/s1. The highest BCUT2D eigenvalue weighted by molar-refractivity contribution is 5.97. The molecule has 4 aromatic heterocycles. The number of hydrogen-bond donors (Lipinski definition) is 1. The summed E-state index contributed by atoms with van der Waals surface area (Å²) in [5, 5.41) is 4.46. The van der Waals surface area contributed by atoms with Gasteiger partial charge < -0.3 is 14.0 Å². The van der Waals surface area contributed by atoms with Crippen molar-refractivity contribution < 1.29 is 4.79 Å². The highest BCUT2D eigenvalue weighted by Crippen LogP contribution is 2.34. The molecule has 1 N–H and O–H groups in total. The van der Waals surface area contributed by atoms with Crippen LogP contribution in [-0.2, 0) is 13.6 Å². The average Bonchev–Trinajstić information content (AvgIpc) is 3.24. The molecule has 0 saturated carbocycles. The Bertz CT molecular complexity index is 1320. The Morgan fingerprint density at radius 2 is 2.13 bits per heavy atom. The first-order valence-corrected chi connectivity index (χ1v) is 10.4. The molecule has 152 valence electrons. The molecule has 2 aliphatic heterocycles. The van der Waals surface area contributed by atoms with E-state index in [1.54, 1.807) is 6.20 Å². The van der Waals surface area contributed by atoms with E-state index in [2.05, 4.69) is 45.8 Å². The van der Waals surface area contributed by atoms with Crippen molar-refractivity contribution in [2.45, 2.75) is 32.6 Å². The Kier molecular flexibility index (Phi) is 3.59. The lowest BCUT2D eigenvalue weighted by Gasteiger charge is -2.19. The fourth-order valence-corrected chi connectivity index (χ4v) is 4.83. The third-order valence-corrected chi connectivity index (χ3v) is 6.45. The zero-order chi connectivity index (χ0) is 20.6. The minimum absolute atomic E-state index is 0.0211. The summed E-state index contributed by atoms with van der Waals surface area (Å²) in [5.41, 5.74) is 4.02. The topological polar surface area (TPSA) is 90.8 Å². The number of carbonyl (C=O) groups is 1. The van der Waals surface area contributed by atoms with E-state index in [4.69, 9.17) is 4.98 Å². The Labute approximate surface area is 173 Å². The number of nitrogens with zero attached hydrogens (tertiary/aromatic N) is 6. The molecule has 2 fully saturated rings. The van der Waals surface area contributed by atoms with Crippen LogP contribution in [0.4, 0.5) is 0 Å². The monoisotopic (exact) mass is 401 g/mol. The number of nitrogens with one attached hydrogen (secondary N) is 1. The SMILES string of the molecule is CCn1c(-c2nc3cc(C(=O)N4C[C@H](C)[C@@H]5N[C@@H]54)cnc3n2C)cc2cccnc21. The molecule has 0 aromatic carbocycles.